The molecule has 1 amide bonds. The van der Waals surface area contributed by atoms with Crippen molar-refractivity contribution in [3.63, 3.8) is 0 Å². The number of rotatable bonds is 9. The normalized spacial score (nSPS) is 11.1. The van der Waals surface area contributed by atoms with Gasteiger partial charge < -0.3 is 9.30 Å². The van der Waals surface area contributed by atoms with Gasteiger partial charge in [-0.1, -0.05) is 78.9 Å². The lowest BCUT2D eigenvalue weighted by Crippen LogP contribution is -2.26. The number of nitrogens with zero attached hydrogens (tertiary/aromatic N) is 2. The van der Waals surface area contributed by atoms with Crippen LogP contribution < -0.4 is 4.74 Å². The molecule has 0 saturated carbocycles. The van der Waals surface area contributed by atoms with Gasteiger partial charge in [0.1, 0.15) is 12.4 Å². The molecule has 0 unspecified atom stereocenters. The van der Waals surface area contributed by atoms with Crippen LogP contribution in [0.5, 0.6) is 5.75 Å². The Kier molecular flexibility index (Phi) is 7.75. The first-order valence-electron chi connectivity index (χ1n) is 12.9. The molecular weight excluding hydrogens is 491 g/mol. The van der Waals surface area contributed by atoms with E-state index in [1.54, 1.807) is 13.1 Å². The van der Waals surface area contributed by atoms with Crippen molar-refractivity contribution in [3.8, 4) is 17.0 Å². The van der Waals surface area contributed by atoms with Gasteiger partial charge in [0.25, 0.3) is 0 Å². The van der Waals surface area contributed by atoms with E-state index in [1.807, 2.05) is 102 Å². The first-order chi connectivity index (χ1) is 18.9. The highest BCUT2D eigenvalue weighted by molar-refractivity contribution is 5.90. The predicted octanol–water partition coefficient (Wildman–Crippen LogP) is 6.95. The average Bonchev–Trinajstić information content (AvgIpc) is 3.23. The third-order valence-electron chi connectivity index (χ3n) is 6.97. The lowest BCUT2D eigenvalue weighted by Gasteiger charge is -2.15. The van der Waals surface area contributed by atoms with E-state index < -0.39 is 0 Å². The third-order valence-corrected chi connectivity index (χ3v) is 6.97. The third kappa shape index (κ3) is 5.71. The van der Waals surface area contributed by atoms with Gasteiger partial charge in [0.2, 0.25) is 5.91 Å². The number of hydrogen-bond acceptors (Lipinski definition) is 3. The van der Waals surface area contributed by atoms with Crippen LogP contribution in [0.2, 0.25) is 0 Å². The number of amides is 1. The minimum atomic E-state index is -0.269. The van der Waals surface area contributed by atoms with Crippen molar-refractivity contribution in [2.24, 2.45) is 0 Å². The number of hydroxylamine groups is 2. The number of benzene rings is 4. The number of aryl methyl sites for hydroxylation is 1. The lowest BCUT2D eigenvalue weighted by molar-refractivity contribution is -0.167. The fourth-order valence-electron chi connectivity index (χ4n) is 4.72. The molecule has 0 radical (unpaired) electrons. The zero-order chi connectivity index (χ0) is 27.4. The fraction of sp³-hybridized carbons (Fsp3) is 0.182. The van der Waals surface area contributed by atoms with Crippen molar-refractivity contribution < 1.29 is 18.8 Å². The second-order valence-corrected chi connectivity index (χ2v) is 9.58. The Labute approximate surface area is 228 Å². The van der Waals surface area contributed by atoms with E-state index >= 15 is 4.39 Å². The average molecular weight is 523 g/mol. The first-order valence-corrected chi connectivity index (χ1v) is 12.9. The Bertz CT molecular complexity index is 1590. The van der Waals surface area contributed by atoms with E-state index in [-0.39, 0.29) is 18.1 Å². The van der Waals surface area contributed by atoms with Crippen LogP contribution in [0.25, 0.3) is 22.2 Å². The number of likely N-dealkylation sites (N-methyl/N-ethyl adjacent to an activating group) is 1. The molecule has 0 aliphatic rings. The summed E-state index contributed by atoms with van der Waals surface area (Å²) in [7, 11) is 3.06. The zero-order valence-corrected chi connectivity index (χ0v) is 22.4. The monoisotopic (exact) mass is 522 g/mol. The molecule has 0 N–H and O–H groups in total. The van der Waals surface area contributed by atoms with Gasteiger partial charge >= 0.3 is 0 Å². The molecule has 0 fully saturated rings. The molecule has 198 valence electrons. The maximum atomic E-state index is 16.2. The Balaban J connectivity index is 1.49. The number of fused-ring (bicyclic) bond motifs is 1. The van der Waals surface area contributed by atoms with Gasteiger partial charge in [0.15, 0.2) is 5.82 Å². The van der Waals surface area contributed by atoms with Gasteiger partial charge in [0.05, 0.1) is 24.7 Å². The van der Waals surface area contributed by atoms with Crippen molar-refractivity contribution >= 4 is 16.8 Å². The number of carbonyl (C=O) groups is 1. The molecule has 5 rings (SSSR count). The highest BCUT2D eigenvalue weighted by Crippen LogP contribution is 2.36. The fourth-order valence-corrected chi connectivity index (χ4v) is 4.72. The highest BCUT2D eigenvalue weighted by Gasteiger charge is 2.21. The molecule has 39 heavy (non-hydrogen) atoms. The van der Waals surface area contributed by atoms with Crippen molar-refractivity contribution in [3.05, 3.63) is 125 Å². The van der Waals surface area contributed by atoms with Gasteiger partial charge in [-0.2, -0.15) is 0 Å². The van der Waals surface area contributed by atoms with Crippen LogP contribution in [-0.4, -0.2) is 29.7 Å². The van der Waals surface area contributed by atoms with Crippen LogP contribution in [0.3, 0.4) is 0 Å². The second-order valence-electron chi connectivity index (χ2n) is 9.58. The molecule has 5 aromatic rings. The summed E-state index contributed by atoms with van der Waals surface area (Å²) < 4.78 is 24.2. The summed E-state index contributed by atoms with van der Waals surface area (Å²) in [6.45, 7) is 2.88. The van der Waals surface area contributed by atoms with E-state index in [1.165, 1.54) is 12.2 Å². The maximum Gasteiger partial charge on any atom is 0.250 e. The van der Waals surface area contributed by atoms with Gasteiger partial charge in [0, 0.05) is 24.5 Å². The van der Waals surface area contributed by atoms with Crippen molar-refractivity contribution in [1.82, 2.24) is 9.63 Å². The van der Waals surface area contributed by atoms with Gasteiger partial charge in [-0.25, -0.2) is 9.45 Å². The number of carbonyl (C=O) groups excluding carboxylic acids is 1. The highest BCUT2D eigenvalue weighted by atomic mass is 19.1. The van der Waals surface area contributed by atoms with Gasteiger partial charge in [-0.05, 0) is 47.4 Å². The summed E-state index contributed by atoms with van der Waals surface area (Å²) in [4.78, 5) is 17.2. The first kappa shape index (κ1) is 26.2. The molecule has 1 heterocycles. The summed E-state index contributed by atoms with van der Waals surface area (Å²) in [5.41, 5.74) is 6.12. The number of hydrogen-bond donors (Lipinski definition) is 0. The number of aromatic nitrogens is 1. The standard InChI is InChI=1S/C33H31FN2O3/c1-23-9-7-8-12-28(23)33-32(34)29-20-27(39-22-26-10-5-4-6-11-26)17-18-30(29)36(33)21-25-15-13-24(14-16-25)19-31(37)35(2)38-3/h4-18,20H,19,21-22H2,1-3H3. The summed E-state index contributed by atoms with van der Waals surface area (Å²) in [5, 5.41) is 1.73. The smallest absolute Gasteiger partial charge is 0.250 e. The zero-order valence-electron chi connectivity index (χ0n) is 22.4. The number of halogens is 1. The van der Waals surface area contributed by atoms with Crippen molar-refractivity contribution in [2.75, 3.05) is 14.2 Å². The van der Waals surface area contributed by atoms with E-state index in [0.29, 0.717) is 30.0 Å². The van der Waals surface area contributed by atoms with Crippen molar-refractivity contribution in [1.29, 1.82) is 0 Å². The van der Waals surface area contributed by atoms with Crippen LogP contribution in [0.1, 0.15) is 22.3 Å². The lowest BCUT2D eigenvalue weighted by atomic mass is 10.0. The summed E-state index contributed by atoms with van der Waals surface area (Å²) in [6.07, 6.45) is 0.242. The minimum absolute atomic E-state index is 0.129. The minimum Gasteiger partial charge on any atom is -0.489 e. The Morgan fingerprint density at radius 3 is 2.28 bits per heavy atom. The molecular formula is C33H31FN2O3. The van der Waals surface area contributed by atoms with Crippen LogP contribution in [0.15, 0.2) is 97.1 Å². The Morgan fingerprint density at radius 1 is 0.872 bits per heavy atom. The molecule has 0 bridgehead atoms. The summed E-state index contributed by atoms with van der Waals surface area (Å²) in [5.74, 6) is 0.221. The molecule has 5 nitrogen and oxygen atoms in total. The quantitative estimate of drug-likeness (QED) is 0.197. The van der Waals surface area contributed by atoms with Crippen LogP contribution in [0.4, 0.5) is 4.39 Å². The van der Waals surface area contributed by atoms with Crippen LogP contribution >= 0.6 is 0 Å². The Hall–Kier alpha value is -4.42. The molecule has 6 heteroatoms. The van der Waals surface area contributed by atoms with E-state index in [2.05, 4.69) is 0 Å². The summed E-state index contributed by atoms with van der Waals surface area (Å²) in [6, 6.07) is 31.2. The molecule has 0 spiro atoms. The molecule has 0 aliphatic carbocycles. The van der Waals surface area contributed by atoms with Crippen LogP contribution in [0, 0.1) is 12.7 Å². The van der Waals surface area contributed by atoms with E-state index in [4.69, 9.17) is 9.57 Å². The van der Waals surface area contributed by atoms with Crippen molar-refractivity contribution in [2.45, 2.75) is 26.5 Å². The topological polar surface area (TPSA) is 43.7 Å². The van der Waals surface area contributed by atoms with Gasteiger partial charge in [-0.3, -0.25) is 9.63 Å². The maximum absolute atomic E-state index is 16.2. The molecule has 0 atom stereocenters. The van der Waals surface area contributed by atoms with E-state index in [9.17, 15) is 4.79 Å². The molecule has 1 aromatic heterocycles. The van der Waals surface area contributed by atoms with Crippen LogP contribution in [-0.2, 0) is 29.2 Å². The summed E-state index contributed by atoms with van der Waals surface area (Å²) >= 11 is 0. The molecule has 4 aromatic carbocycles. The SMILES string of the molecule is CON(C)C(=O)Cc1ccc(Cn2c(-c3ccccc3C)c(F)c3cc(OCc4ccccc4)ccc32)cc1. The number of ether oxygens (including phenoxy) is 1. The largest absolute Gasteiger partial charge is 0.489 e. The predicted molar refractivity (Wildman–Crippen MR) is 152 cm³/mol. The second kappa shape index (κ2) is 11.5. The Morgan fingerprint density at radius 2 is 1.56 bits per heavy atom. The van der Waals surface area contributed by atoms with Gasteiger partial charge in [-0.15, -0.1) is 0 Å². The molecule has 0 saturated heterocycles. The van der Waals surface area contributed by atoms with E-state index in [0.717, 1.165) is 33.3 Å². The molecule has 0 aliphatic heterocycles.